The van der Waals surface area contributed by atoms with Crippen molar-refractivity contribution in [2.24, 2.45) is 0 Å². The Kier molecular flexibility index (Phi) is 14.8. The monoisotopic (exact) mass is 152 g/mol. The van der Waals surface area contributed by atoms with Crippen LogP contribution in [0.2, 0.25) is 0 Å². The molecule has 0 spiro atoms. The van der Waals surface area contributed by atoms with Gasteiger partial charge in [0.1, 0.15) is 0 Å². The van der Waals surface area contributed by atoms with E-state index in [0.717, 1.165) is 0 Å². The third kappa shape index (κ3) is 4790. The summed E-state index contributed by atoms with van der Waals surface area (Å²) in [5.41, 5.74) is 0. The maximum absolute atomic E-state index is 10.2. The van der Waals surface area contributed by atoms with Crippen LogP contribution in [0.15, 0.2) is 0 Å². The molecule has 9 heavy (non-hydrogen) atoms. The number of halogens is 3. The van der Waals surface area contributed by atoms with Crippen LogP contribution in [-0.2, 0) is 4.79 Å². The molecule has 0 aliphatic heterocycles. The van der Waals surface area contributed by atoms with Crippen LogP contribution in [0.4, 0.5) is 13.2 Å². The van der Waals surface area contributed by atoms with Crippen molar-refractivity contribution in [1.29, 1.82) is 0 Å². The van der Waals surface area contributed by atoms with Crippen molar-refractivity contribution in [2.75, 3.05) is 0 Å². The molecule has 0 heterocycles. The molecule has 50 valence electrons. The van der Waals surface area contributed by atoms with Gasteiger partial charge in [-0.05, 0) is 0 Å². The van der Waals surface area contributed by atoms with E-state index >= 15 is 0 Å². The van der Waals surface area contributed by atoms with E-state index in [0.29, 0.717) is 0 Å². The molecule has 6 heteroatoms. The van der Waals surface area contributed by atoms with Crippen molar-refractivity contribution in [2.45, 2.75) is 6.18 Å². The number of carbonyl (C=O) groups is 1. The fourth-order valence-electron chi connectivity index (χ4n) is 0. The van der Waals surface area contributed by atoms with Crippen molar-refractivity contribution in [1.82, 2.24) is 0 Å². The Morgan fingerprint density at radius 2 is 1.44 bits per heavy atom. The van der Waals surface area contributed by atoms with Crippen LogP contribution >= 0.6 is 0 Å². The third-order valence-electron chi connectivity index (χ3n) is 0. The predicted octanol–water partition coefficient (Wildman–Crippen LogP) is -1.91. The fraction of sp³-hybridized carbons (Fsp3) is 0.333. The van der Waals surface area contributed by atoms with Crippen molar-refractivity contribution < 1.29 is 52.6 Å². The maximum atomic E-state index is 10.2. The number of rotatable bonds is 0. The summed E-state index contributed by atoms with van der Waals surface area (Å²) in [4.78, 5) is 8.36. The number of alkyl halides is 3. The zero-order chi connectivity index (χ0) is 7.21. The third-order valence-corrected chi connectivity index (χ3v) is 0. The van der Waals surface area contributed by atoms with Crippen LogP contribution in [0, 0.1) is 6.92 Å². The summed E-state index contributed by atoms with van der Waals surface area (Å²) in [5, 5.41) is 6.89. The summed E-state index contributed by atoms with van der Waals surface area (Å²) in [6.07, 6.45) is -4.25. The Balaban J connectivity index is -0.0000000800. The molecule has 2 nitrogen and oxygen atoms in total. The minimum Gasteiger partial charge on any atom is -0.483 e. The Hall–Kier alpha value is 0.260. The Labute approximate surface area is 72.3 Å². The van der Waals surface area contributed by atoms with Gasteiger partial charge in [0.25, 0.3) is 12.6 Å². The number of carboxylic acid groups (broad SMARTS) is 1. The second-order valence-electron chi connectivity index (χ2n) is 0.721. The molecule has 0 radical (unpaired) electrons. The van der Waals surface area contributed by atoms with E-state index in [-0.39, 0.29) is 36.0 Å². The van der Waals surface area contributed by atoms with Gasteiger partial charge in [-0.15, -0.1) is 0 Å². The van der Waals surface area contributed by atoms with Crippen molar-refractivity contribution in [3.8, 4) is 0 Å². The first-order valence-electron chi connectivity index (χ1n) is 1.41. The average molecular weight is 152 g/mol. The summed E-state index contributed by atoms with van der Waals surface area (Å²) in [7, 11) is 0. The Morgan fingerprint density at radius 3 is 1.44 bits per heavy atom. The van der Waals surface area contributed by atoms with E-state index in [9.17, 15) is 13.2 Å². The summed E-state index contributed by atoms with van der Waals surface area (Å²) in [6.45, 7) is 1.52. The Bertz CT molecular complexity index is 56.6. The maximum Gasteiger partial charge on any atom is 1.00 e. The van der Waals surface area contributed by atoms with Gasteiger partial charge in [-0.3, -0.25) is 4.79 Å². The van der Waals surface area contributed by atoms with Gasteiger partial charge in [0.2, 0.25) is 0 Å². The molecule has 0 aromatic carbocycles. The van der Waals surface area contributed by atoms with E-state index in [4.69, 9.17) is 9.90 Å². The Morgan fingerprint density at radius 1 is 1.44 bits per heavy atom. The first-order chi connectivity index (χ1) is 3.41. The summed E-state index contributed by atoms with van der Waals surface area (Å²) in [6, 6.07) is 0. The van der Waals surface area contributed by atoms with Crippen LogP contribution in [0.3, 0.4) is 0 Å². The molecule has 0 aromatic rings. The van der Waals surface area contributed by atoms with E-state index in [1.165, 1.54) is 0 Å². The van der Waals surface area contributed by atoms with Crippen LogP contribution < -0.4 is 29.6 Å². The molecule has 0 fully saturated rings. The zero-order valence-corrected chi connectivity index (χ0v) is 6.77. The summed E-state index contributed by atoms with van der Waals surface area (Å²) < 4.78 is 30.7. The average Bonchev–Trinajstić information content (AvgIpc) is 1.27. The molecule has 0 aliphatic carbocycles. The number of hydrogen-bond acceptors (Lipinski definition) is 1. The molecular formula is C3H4F3NaO2. The van der Waals surface area contributed by atoms with E-state index in [1.54, 1.807) is 6.92 Å². The molecule has 0 unspecified atom stereocenters. The molecule has 1 N–H and O–H groups in total. The molecule has 0 saturated heterocycles. The number of hydrogen-bond donors (Lipinski definition) is 1. The van der Waals surface area contributed by atoms with Gasteiger partial charge in [0, 0.05) is 0 Å². The normalized spacial score (nSPS) is 8.00. The van der Waals surface area contributed by atoms with Crippen LogP contribution in [0.1, 0.15) is 0 Å². The standard InChI is InChI=1S/C2H2F3.CH2O2.Na/c1-2(3,4)5;2-1-3;/h1H2;1H,(H,2,3);/q-1;;+1. The summed E-state index contributed by atoms with van der Waals surface area (Å²) >= 11 is 0. The molecule has 0 amide bonds. The van der Waals surface area contributed by atoms with Gasteiger partial charge >= 0.3 is 29.6 Å². The minimum atomic E-state index is -4.25. The van der Waals surface area contributed by atoms with Crippen LogP contribution in [0.5, 0.6) is 0 Å². The topological polar surface area (TPSA) is 37.3 Å². The van der Waals surface area contributed by atoms with Gasteiger partial charge in [0.15, 0.2) is 0 Å². The van der Waals surface area contributed by atoms with E-state index in [1.807, 2.05) is 0 Å². The van der Waals surface area contributed by atoms with Gasteiger partial charge < -0.3 is 5.11 Å². The SMILES string of the molecule is O=CO.[CH2-]C(F)(F)F.[Na+]. The first-order valence-corrected chi connectivity index (χ1v) is 1.41. The van der Waals surface area contributed by atoms with Crippen LogP contribution in [0.25, 0.3) is 0 Å². The van der Waals surface area contributed by atoms with Gasteiger partial charge in [-0.2, -0.15) is 0 Å². The second-order valence-corrected chi connectivity index (χ2v) is 0.721. The molecule has 0 aliphatic rings. The fourth-order valence-corrected chi connectivity index (χ4v) is 0. The molecule has 0 atom stereocenters. The molecule has 0 saturated carbocycles. The quantitative estimate of drug-likeness (QED) is 0.250. The van der Waals surface area contributed by atoms with Crippen LogP contribution in [-0.4, -0.2) is 17.8 Å². The van der Waals surface area contributed by atoms with Gasteiger partial charge in [-0.25, -0.2) is 20.1 Å². The van der Waals surface area contributed by atoms with E-state index in [2.05, 4.69) is 0 Å². The van der Waals surface area contributed by atoms with E-state index < -0.39 is 6.18 Å². The molecule has 0 bridgehead atoms. The van der Waals surface area contributed by atoms with Crippen molar-refractivity contribution in [3.63, 3.8) is 0 Å². The zero-order valence-electron chi connectivity index (χ0n) is 4.77. The minimum absolute atomic E-state index is 0. The predicted molar refractivity (Wildman–Crippen MR) is 20.1 cm³/mol. The molecule has 0 rings (SSSR count). The molecular weight excluding hydrogens is 148 g/mol. The second kappa shape index (κ2) is 8.26. The van der Waals surface area contributed by atoms with Crippen molar-refractivity contribution in [3.05, 3.63) is 6.92 Å². The largest absolute Gasteiger partial charge is 1.00 e. The smallest absolute Gasteiger partial charge is 0.483 e. The van der Waals surface area contributed by atoms with Gasteiger partial charge in [-0.1, -0.05) is 0 Å². The summed E-state index contributed by atoms with van der Waals surface area (Å²) in [5.74, 6) is 0. The molecule has 0 aromatic heterocycles. The first kappa shape index (κ1) is 16.1. The van der Waals surface area contributed by atoms with Crippen molar-refractivity contribution >= 4 is 6.47 Å². The van der Waals surface area contributed by atoms with Gasteiger partial charge in [0.05, 0.1) is 0 Å².